The molecule has 0 aliphatic carbocycles. The summed E-state index contributed by atoms with van der Waals surface area (Å²) in [5.41, 5.74) is -0.619. The molecule has 10 heteroatoms. The maximum atomic E-state index is 12.1. The summed E-state index contributed by atoms with van der Waals surface area (Å²) in [6.45, 7) is 11.0. The van der Waals surface area contributed by atoms with Crippen LogP contribution in [-0.4, -0.2) is 47.7 Å². The predicted octanol–water partition coefficient (Wildman–Crippen LogP) is 4.12. The maximum absolute atomic E-state index is 12.1. The highest BCUT2D eigenvalue weighted by molar-refractivity contribution is 9.10. The molecule has 0 spiro atoms. The van der Waals surface area contributed by atoms with E-state index in [-0.39, 0.29) is 19.1 Å². The summed E-state index contributed by atoms with van der Waals surface area (Å²) in [7, 11) is 0. The number of aliphatic hydroxyl groups excluding tert-OH is 1. The lowest BCUT2D eigenvalue weighted by molar-refractivity contribution is 0.0545. The molecule has 174 valence electrons. The van der Waals surface area contributed by atoms with E-state index in [0.29, 0.717) is 18.8 Å². The van der Waals surface area contributed by atoms with E-state index < -0.39 is 23.4 Å². The van der Waals surface area contributed by atoms with Crippen molar-refractivity contribution in [2.45, 2.75) is 65.7 Å². The molecule has 0 atom stereocenters. The molecule has 3 N–H and O–H groups in total. The third-order valence-corrected chi connectivity index (χ3v) is 3.83. The molecule has 0 unspecified atom stereocenters. The first-order valence-corrected chi connectivity index (χ1v) is 10.6. The highest BCUT2D eigenvalue weighted by Gasteiger charge is 2.21. The van der Waals surface area contributed by atoms with Crippen LogP contribution in [0.4, 0.5) is 9.59 Å². The van der Waals surface area contributed by atoms with E-state index in [1.165, 1.54) is 0 Å². The number of alkyl carbamates (subject to hydrolysis) is 2. The molecule has 0 radical (unpaired) electrons. The second-order valence-electron chi connectivity index (χ2n) is 8.61. The maximum Gasteiger partial charge on any atom is 0.414 e. The van der Waals surface area contributed by atoms with Gasteiger partial charge in [0.2, 0.25) is 5.96 Å². The van der Waals surface area contributed by atoms with Gasteiger partial charge in [-0.3, -0.25) is 10.6 Å². The third kappa shape index (κ3) is 12.2. The molecule has 0 heterocycles. The molecular weight excluding hydrogens is 470 g/mol. The van der Waals surface area contributed by atoms with Crippen LogP contribution >= 0.6 is 15.9 Å². The van der Waals surface area contributed by atoms with Gasteiger partial charge in [-0.2, -0.15) is 0 Å². The minimum absolute atomic E-state index is 0.0580. The molecule has 1 rings (SSSR count). The zero-order chi connectivity index (χ0) is 23.7. The van der Waals surface area contributed by atoms with Crippen molar-refractivity contribution in [3.05, 3.63) is 28.2 Å². The second kappa shape index (κ2) is 11.9. The number of guanidine groups is 1. The number of aliphatic hydroxyl groups is 1. The molecule has 0 bridgehead atoms. The van der Waals surface area contributed by atoms with Gasteiger partial charge in [-0.15, -0.1) is 0 Å². The van der Waals surface area contributed by atoms with E-state index in [2.05, 4.69) is 31.6 Å². The average Bonchev–Trinajstić information content (AvgIpc) is 2.58. The van der Waals surface area contributed by atoms with Crippen molar-refractivity contribution in [2.75, 3.05) is 13.2 Å². The Morgan fingerprint density at radius 3 is 2.03 bits per heavy atom. The van der Waals surface area contributed by atoms with Gasteiger partial charge >= 0.3 is 12.2 Å². The van der Waals surface area contributed by atoms with E-state index in [0.717, 1.165) is 10.0 Å². The van der Waals surface area contributed by atoms with Gasteiger partial charge in [0.1, 0.15) is 17.0 Å². The Bertz CT molecular complexity index is 752. The van der Waals surface area contributed by atoms with Gasteiger partial charge in [0.15, 0.2) is 0 Å². The SMILES string of the molecule is CC(C)(C)OC(=O)NC(=NCc1ccc(OCCCO)c(Br)c1)NC(=O)OC(C)(C)C. The minimum atomic E-state index is -0.754. The van der Waals surface area contributed by atoms with Crippen molar-refractivity contribution in [1.29, 1.82) is 0 Å². The summed E-state index contributed by atoms with van der Waals surface area (Å²) in [5.74, 6) is 0.544. The number of halogens is 1. The van der Waals surface area contributed by atoms with Crippen molar-refractivity contribution in [1.82, 2.24) is 10.6 Å². The standard InChI is InChI=1S/C21H32BrN3O6/c1-20(2,3)30-18(27)24-17(25-19(28)31-21(4,5)6)23-13-14-8-9-16(15(22)12-14)29-11-7-10-26/h8-9,12,26H,7,10-11,13H2,1-6H3,(H2,23,24,25,27,28). The highest BCUT2D eigenvalue weighted by atomic mass is 79.9. The number of benzene rings is 1. The fraction of sp³-hybridized carbons (Fsp3) is 0.571. The van der Waals surface area contributed by atoms with Crippen LogP contribution in [-0.2, 0) is 16.0 Å². The minimum Gasteiger partial charge on any atom is -0.492 e. The van der Waals surface area contributed by atoms with E-state index in [1.54, 1.807) is 53.7 Å². The Balaban J connectivity index is 2.92. The van der Waals surface area contributed by atoms with Gasteiger partial charge in [-0.05, 0) is 75.2 Å². The van der Waals surface area contributed by atoms with Crippen molar-refractivity contribution in [3.63, 3.8) is 0 Å². The van der Waals surface area contributed by atoms with Crippen LogP contribution in [0.1, 0.15) is 53.5 Å². The number of hydrogen-bond donors (Lipinski definition) is 3. The van der Waals surface area contributed by atoms with Gasteiger partial charge in [0.05, 0.1) is 17.6 Å². The first-order chi connectivity index (χ1) is 14.3. The largest absolute Gasteiger partial charge is 0.492 e. The van der Waals surface area contributed by atoms with Crippen molar-refractivity contribution < 1.29 is 28.9 Å². The first-order valence-electron chi connectivity index (χ1n) is 9.85. The lowest BCUT2D eigenvalue weighted by Crippen LogP contribution is -2.47. The Kier molecular flexibility index (Phi) is 10.3. The summed E-state index contributed by atoms with van der Waals surface area (Å²) in [5, 5.41) is 13.7. The zero-order valence-corrected chi connectivity index (χ0v) is 20.5. The van der Waals surface area contributed by atoms with Gasteiger partial charge in [-0.25, -0.2) is 14.6 Å². The molecular formula is C21H32BrN3O6. The van der Waals surface area contributed by atoms with E-state index in [9.17, 15) is 9.59 Å². The number of rotatable bonds is 6. The molecule has 1 aromatic carbocycles. The lowest BCUT2D eigenvalue weighted by Gasteiger charge is -2.22. The fourth-order valence-electron chi connectivity index (χ4n) is 2.09. The number of aliphatic imine (C=N–C) groups is 1. The summed E-state index contributed by atoms with van der Waals surface area (Å²) in [6.07, 6.45) is -0.971. The van der Waals surface area contributed by atoms with Crippen LogP contribution in [0.5, 0.6) is 5.75 Å². The topological polar surface area (TPSA) is 118 Å². The number of hydrogen-bond acceptors (Lipinski definition) is 7. The van der Waals surface area contributed by atoms with Gasteiger partial charge < -0.3 is 19.3 Å². The van der Waals surface area contributed by atoms with Gasteiger partial charge in [-0.1, -0.05) is 6.07 Å². The van der Waals surface area contributed by atoms with Crippen LogP contribution in [0.2, 0.25) is 0 Å². The summed E-state index contributed by atoms with van der Waals surface area (Å²) in [4.78, 5) is 28.5. The van der Waals surface area contributed by atoms with Crippen LogP contribution < -0.4 is 15.4 Å². The number of nitrogens with one attached hydrogen (secondary N) is 2. The third-order valence-electron chi connectivity index (χ3n) is 3.21. The quantitative estimate of drug-likeness (QED) is 0.306. The highest BCUT2D eigenvalue weighted by Crippen LogP contribution is 2.26. The van der Waals surface area contributed by atoms with Crippen LogP contribution in [0, 0.1) is 0 Å². The molecule has 0 saturated heterocycles. The Morgan fingerprint density at radius 1 is 1.03 bits per heavy atom. The van der Waals surface area contributed by atoms with Gasteiger partial charge in [0.25, 0.3) is 0 Å². The smallest absolute Gasteiger partial charge is 0.414 e. The van der Waals surface area contributed by atoms with E-state index >= 15 is 0 Å². The number of amides is 2. The predicted molar refractivity (Wildman–Crippen MR) is 121 cm³/mol. The summed E-state index contributed by atoms with van der Waals surface area (Å²) < 4.78 is 16.7. The number of nitrogens with zero attached hydrogens (tertiary/aromatic N) is 1. The van der Waals surface area contributed by atoms with Crippen molar-refractivity contribution in [3.8, 4) is 5.75 Å². The monoisotopic (exact) mass is 501 g/mol. The molecule has 0 aliphatic rings. The van der Waals surface area contributed by atoms with Crippen LogP contribution in [0.25, 0.3) is 0 Å². The Labute approximate surface area is 191 Å². The zero-order valence-electron chi connectivity index (χ0n) is 18.9. The molecule has 31 heavy (non-hydrogen) atoms. The number of ether oxygens (including phenoxy) is 3. The molecule has 0 saturated carbocycles. The Morgan fingerprint density at radius 2 is 1.58 bits per heavy atom. The summed E-state index contributed by atoms with van der Waals surface area (Å²) >= 11 is 3.44. The number of carbonyl (C=O) groups is 2. The van der Waals surface area contributed by atoms with Crippen molar-refractivity contribution in [2.24, 2.45) is 4.99 Å². The Hall–Kier alpha value is -2.33. The van der Waals surface area contributed by atoms with Crippen LogP contribution in [0.3, 0.4) is 0 Å². The number of carbonyl (C=O) groups excluding carboxylic acids is 2. The normalized spacial score (nSPS) is 11.4. The summed E-state index contributed by atoms with van der Waals surface area (Å²) in [6, 6.07) is 5.39. The first kappa shape index (κ1) is 26.7. The average molecular weight is 502 g/mol. The van der Waals surface area contributed by atoms with E-state index in [1.807, 2.05) is 6.07 Å². The van der Waals surface area contributed by atoms with E-state index in [4.69, 9.17) is 19.3 Å². The second-order valence-corrected chi connectivity index (χ2v) is 9.46. The molecule has 1 aromatic rings. The van der Waals surface area contributed by atoms with Crippen molar-refractivity contribution >= 4 is 34.1 Å². The van der Waals surface area contributed by atoms with Crippen LogP contribution in [0.15, 0.2) is 27.7 Å². The molecule has 9 nitrogen and oxygen atoms in total. The van der Waals surface area contributed by atoms with Gasteiger partial charge in [0, 0.05) is 13.0 Å². The molecule has 0 aromatic heterocycles. The molecule has 0 aliphatic heterocycles. The fourth-order valence-corrected chi connectivity index (χ4v) is 2.63. The molecule has 0 fully saturated rings. The lowest BCUT2D eigenvalue weighted by atomic mass is 10.2. The molecule has 2 amide bonds.